The van der Waals surface area contributed by atoms with E-state index in [4.69, 9.17) is 11.6 Å². The molecule has 90 valence electrons. The van der Waals surface area contributed by atoms with Crippen molar-refractivity contribution in [2.24, 2.45) is 0 Å². The molecule has 0 saturated carbocycles. The normalized spacial score (nSPS) is 10.7. The van der Waals surface area contributed by atoms with Crippen LogP contribution in [-0.2, 0) is 6.54 Å². The van der Waals surface area contributed by atoms with Gasteiger partial charge in [0.2, 0.25) is 0 Å². The molecule has 0 fully saturated rings. The average Bonchev–Trinajstić information content (AvgIpc) is 2.87. The van der Waals surface area contributed by atoms with Crippen molar-refractivity contribution in [3.63, 3.8) is 0 Å². The quantitative estimate of drug-likeness (QED) is 0.786. The summed E-state index contributed by atoms with van der Waals surface area (Å²) in [5.41, 5.74) is 1.17. The first-order chi connectivity index (χ1) is 8.83. The Labute approximate surface area is 113 Å². The molecule has 1 aromatic carbocycles. The zero-order valence-electron chi connectivity index (χ0n) is 9.43. The fraction of sp³-hybridized carbons (Fsp3) is 0.0769. The monoisotopic (exact) mass is 275 g/mol. The number of thiophene rings is 1. The number of halogens is 1. The third kappa shape index (κ3) is 2.30. The van der Waals surface area contributed by atoms with Gasteiger partial charge in [-0.05, 0) is 29.1 Å². The van der Waals surface area contributed by atoms with E-state index >= 15 is 0 Å². The molecule has 0 spiro atoms. The van der Waals surface area contributed by atoms with Crippen LogP contribution < -0.4 is 5.32 Å². The van der Waals surface area contributed by atoms with Crippen molar-refractivity contribution in [2.45, 2.75) is 6.54 Å². The van der Waals surface area contributed by atoms with Gasteiger partial charge in [0.1, 0.15) is 17.0 Å². The van der Waals surface area contributed by atoms with Crippen molar-refractivity contribution in [3.05, 3.63) is 52.6 Å². The second-order valence-electron chi connectivity index (χ2n) is 3.84. The zero-order chi connectivity index (χ0) is 12.4. The predicted molar refractivity (Wildman–Crippen MR) is 76.2 cm³/mol. The molecule has 0 radical (unpaired) electrons. The summed E-state index contributed by atoms with van der Waals surface area (Å²) in [7, 11) is 0. The summed E-state index contributed by atoms with van der Waals surface area (Å²) in [5, 5.41) is 7.16. The Morgan fingerprint density at radius 2 is 1.94 bits per heavy atom. The van der Waals surface area contributed by atoms with Crippen LogP contribution in [0.3, 0.4) is 0 Å². The lowest BCUT2D eigenvalue weighted by molar-refractivity contribution is 1.11. The molecular weight excluding hydrogens is 266 g/mol. The lowest BCUT2D eigenvalue weighted by Crippen LogP contribution is -2.01. The third-order valence-corrected chi connectivity index (χ3v) is 3.71. The molecule has 0 aliphatic heterocycles. The van der Waals surface area contributed by atoms with Crippen LogP contribution in [0, 0.1) is 0 Å². The first kappa shape index (κ1) is 11.4. The maximum atomic E-state index is 5.85. The number of aromatic nitrogens is 2. The van der Waals surface area contributed by atoms with Gasteiger partial charge in [0.25, 0.3) is 0 Å². The van der Waals surface area contributed by atoms with Gasteiger partial charge >= 0.3 is 0 Å². The van der Waals surface area contributed by atoms with Crippen LogP contribution in [0.4, 0.5) is 5.82 Å². The Bertz CT molecular complexity index is 663. The van der Waals surface area contributed by atoms with Gasteiger partial charge in [-0.3, -0.25) is 0 Å². The molecule has 0 aliphatic carbocycles. The van der Waals surface area contributed by atoms with E-state index in [9.17, 15) is 0 Å². The molecule has 5 heteroatoms. The number of fused-ring (bicyclic) bond motifs is 1. The lowest BCUT2D eigenvalue weighted by atomic mass is 10.2. The van der Waals surface area contributed by atoms with Crippen molar-refractivity contribution < 1.29 is 0 Å². The second-order valence-corrected chi connectivity index (χ2v) is 5.17. The molecule has 2 aromatic heterocycles. The van der Waals surface area contributed by atoms with Crippen molar-refractivity contribution in [2.75, 3.05) is 5.32 Å². The molecule has 1 N–H and O–H groups in total. The maximum absolute atomic E-state index is 5.85. The summed E-state index contributed by atoms with van der Waals surface area (Å²) in [6.45, 7) is 0.721. The summed E-state index contributed by atoms with van der Waals surface area (Å²) < 4.78 is 0. The molecule has 0 aliphatic rings. The molecule has 3 aromatic rings. The fourth-order valence-electron chi connectivity index (χ4n) is 1.72. The highest BCUT2D eigenvalue weighted by Crippen LogP contribution is 2.24. The molecular formula is C13H10ClN3S. The SMILES string of the molecule is Clc1ccc(CNc2ncnc3sccc23)cc1. The molecule has 0 unspecified atom stereocenters. The number of nitrogens with one attached hydrogen (secondary N) is 1. The van der Waals surface area contributed by atoms with Gasteiger partial charge in [-0.2, -0.15) is 0 Å². The molecule has 0 atom stereocenters. The van der Waals surface area contributed by atoms with Crippen LogP contribution in [0.25, 0.3) is 10.2 Å². The maximum Gasteiger partial charge on any atom is 0.138 e. The third-order valence-electron chi connectivity index (χ3n) is 2.63. The van der Waals surface area contributed by atoms with Crippen LogP contribution in [0.15, 0.2) is 42.0 Å². The Morgan fingerprint density at radius 3 is 2.78 bits per heavy atom. The molecule has 0 saturated heterocycles. The van der Waals surface area contributed by atoms with E-state index in [0.29, 0.717) is 0 Å². The molecule has 18 heavy (non-hydrogen) atoms. The number of benzene rings is 1. The van der Waals surface area contributed by atoms with Gasteiger partial charge in [-0.1, -0.05) is 23.7 Å². The van der Waals surface area contributed by atoms with Gasteiger partial charge in [0, 0.05) is 11.6 Å². The van der Waals surface area contributed by atoms with Crippen molar-refractivity contribution in [1.82, 2.24) is 9.97 Å². The van der Waals surface area contributed by atoms with Crippen LogP contribution in [0.5, 0.6) is 0 Å². The number of rotatable bonds is 3. The molecule has 3 nitrogen and oxygen atoms in total. The largest absolute Gasteiger partial charge is 0.365 e. The van der Waals surface area contributed by atoms with Gasteiger partial charge in [-0.15, -0.1) is 11.3 Å². The first-order valence-electron chi connectivity index (χ1n) is 5.49. The van der Waals surface area contributed by atoms with E-state index in [0.717, 1.165) is 27.6 Å². The molecule has 0 bridgehead atoms. The van der Waals surface area contributed by atoms with Crippen LogP contribution >= 0.6 is 22.9 Å². The second kappa shape index (κ2) is 4.92. The Kier molecular flexibility index (Phi) is 3.13. The molecule has 3 rings (SSSR count). The first-order valence-corrected chi connectivity index (χ1v) is 6.75. The van der Waals surface area contributed by atoms with Gasteiger partial charge < -0.3 is 5.32 Å². The highest BCUT2D eigenvalue weighted by atomic mass is 35.5. The van der Waals surface area contributed by atoms with Crippen LogP contribution in [-0.4, -0.2) is 9.97 Å². The summed E-state index contributed by atoms with van der Waals surface area (Å²) in [5.74, 6) is 0.871. The fourth-order valence-corrected chi connectivity index (χ4v) is 2.58. The molecule has 0 amide bonds. The van der Waals surface area contributed by atoms with E-state index in [-0.39, 0.29) is 0 Å². The summed E-state index contributed by atoms with van der Waals surface area (Å²) in [4.78, 5) is 9.49. The minimum Gasteiger partial charge on any atom is -0.365 e. The van der Waals surface area contributed by atoms with Crippen molar-refractivity contribution in [1.29, 1.82) is 0 Å². The van der Waals surface area contributed by atoms with E-state index in [1.807, 2.05) is 35.7 Å². The number of anilines is 1. The van der Waals surface area contributed by atoms with Crippen molar-refractivity contribution in [3.8, 4) is 0 Å². The van der Waals surface area contributed by atoms with Crippen LogP contribution in [0.2, 0.25) is 5.02 Å². The Morgan fingerprint density at radius 1 is 1.11 bits per heavy atom. The van der Waals surface area contributed by atoms with E-state index < -0.39 is 0 Å². The highest BCUT2D eigenvalue weighted by molar-refractivity contribution is 7.16. The average molecular weight is 276 g/mol. The summed E-state index contributed by atoms with van der Waals surface area (Å²) in [6.07, 6.45) is 1.59. The lowest BCUT2D eigenvalue weighted by Gasteiger charge is -2.06. The Balaban J connectivity index is 1.80. The zero-order valence-corrected chi connectivity index (χ0v) is 11.0. The Hall–Kier alpha value is -1.65. The highest BCUT2D eigenvalue weighted by Gasteiger charge is 2.03. The number of hydrogen-bond acceptors (Lipinski definition) is 4. The minimum atomic E-state index is 0.721. The van der Waals surface area contributed by atoms with Gasteiger partial charge in [-0.25, -0.2) is 9.97 Å². The number of hydrogen-bond donors (Lipinski definition) is 1. The van der Waals surface area contributed by atoms with Crippen molar-refractivity contribution >= 4 is 39.0 Å². The smallest absolute Gasteiger partial charge is 0.138 e. The van der Waals surface area contributed by atoms with E-state index in [1.165, 1.54) is 5.56 Å². The topological polar surface area (TPSA) is 37.8 Å². The van der Waals surface area contributed by atoms with E-state index in [2.05, 4.69) is 15.3 Å². The standard InChI is InChI=1S/C13H10ClN3S/c14-10-3-1-9(2-4-10)7-15-12-11-5-6-18-13(11)17-8-16-12/h1-6,8H,7H2,(H,15,16,17). The number of nitrogens with zero attached hydrogens (tertiary/aromatic N) is 2. The van der Waals surface area contributed by atoms with Crippen LogP contribution in [0.1, 0.15) is 5.56 Å². The van der Waals surface area contributed by atoms with E-state index in [1.54, 1.807) is 17.7 Å². The summed E-state index contributed by atoms with van der Waals surface area (Å²) in [6, 6.07) is 9.81. The van der Waals surface area contributed by atoms with Gasteiger partial charge in [0.15, 0.2) is 0 Å². The summed E-state index contributed by atoms with van der Waals surface area (Å²) >= 11 is 7.47. The predicted octanol–water partition coefficient (Wildman–Crippen LogP) is 3.96. The minimum absolute atomic E-state index is 0.721. The molecule has 2 heterocycles. The van der Waals surface area contributed by atoms with Gasteiger partial charge in [0.05, 0.1) is 5.39 Å².